The average molecular weight is 181 g/mol. The average Bonchev–Trinajstić information content (AvgIpc) is 2.58. The van der Waals surface area contributed by atoms with Crippen LogP contribution in [-0.4, -0.2) is 15.9 Å². The zero-order chi connectivity index (χ0) is 8.55. The lowest BCUT2D eigenvalue weighted by Crippen LogP contribution is -2.05. The van der Waals surface area contributed by atoms with Crippen LogP contribution in [0.1, 0.15) is 11.4 Å². The molecule has 4 heteroatoms. The molecule has 64 valence electrons. The molecule has 3 nitrogen and oxygen atoms in total. The first kappa shape index (κ1) is 7.76. The standard InChI is InChI=1S/C8H11N3S/c1-6-5-12-8-10-4-7(2-3-9)11(6)8/h4-5H,2-3,9H2,1H3. The number of hydrogen-bond donors (Lipinski definition) is 1. The van der Waals surface area contributed by atoms with Crippen LogP contribution in [0.15, 0.2) is 11.6 Å². The van der Waals surface area contributed by atoms with Crippen molar-refractivity contribution in [1.82, 2.24) is 9.38 Å². The van der Waals surface area contributed by atoms with Crippen molar-refractivity contribution < 1.29 is 0 Å². The van der Waals surface area contributed by atoms with Crippen LogP contribution in [0, 0.1) is 6.92 Å². The predicted molar refractivity (Wildman–Crippen MR) is 50.6 cm³/mol. The van der Waals surface area contributed by atoms with Gasteiger partial charge in [-0.25, -0.2) is 4.98 Å². The Hall–Kier alpha value is -0.870. The second kappa shape index (κ2) is 2.88. The van der Waals surface area contributed by atoms with Gasteiger partial charge in [-0.1, -0.05) is 0 Å². The SMILES string of the molecule is Cc1csc2ncc(CCN)n12. The van der Waals surface area contributed by atoms with Crippen LogP contribution < -0.4 is 5.73 Å². The van der Waals surface area contributed by atoms with Crippen LogP contribution in [0.4, 0.5) is 0 Å². The van der Waals surface area contributed by atoms with Crippen molar-refractivity contribution in [2.75, 3.05) is 6.54 Å². The highest BCUT2D eigenvalue weighted by Gasteiger charge is 2.05. The Kier molecular flexibility index (Phi) is 1.86. The van der Waals surface area contributed by atoms with Crippen molar-refractivity contribution in [3.8, 4) is 0 Å². The molecule has 2 aromatic heterocycles. The molecule has 0 aliphatic heterocycles. The van der Waals surface area contributed by atoms with E-state index < -0.39 is 0 Å². The molecule has 0 fully saturated rings. The monoisotopic (exact) mass is 181 g/mol. The molecule has 0 unspecified atom stereocenters. The Morgan fingerprint density at radius 2 is 2.50 bits per heavy atom. The van der Waals surface area contributed by atoms with Crippen LogP contribution in [0.2, 0.25) is 0 Å². The van der Waals surface area contributed by atoms with E-state index in [-0.39, 0.29) is 0 Å². The molecular formula is C8H11N3S. The van der Waals surface area contributed by atoms with Gasteiger partial charge in [-0.05, 0) is 13.5 Å². The third kappa shape index (κ3) is 1.04. The second-order valence-electron chi connectivity index (χ2n) is 2.78. The van der Waals surface area contributed by atoms with Crippen LogP contribution >= 0.6 is 11.3 Å². The van der Waals surface area contributed by atoms with Gasteiger partial charge >= 0.3 is 0 Å². The molecule has 0 radical (unpaired) electrons. The first-order valence-corrected chi connectivity index (χ1v) is 4.81. The smallest absolute Gasteiger partial charge is 0.194 e. The molecule has 0 bridgehead atoms. The van der Waals surface area contributed by atoms with E-state index in [1.165, 1.54) is 11.4 Å². The van der Waals surface area contributed by atoms with Gasteiger partial charge < -0.3 is 5.73 Å². The highest BCUT2D eigenvalue weighted by atomic mass is 32.1. The molecule has 0 aromatic carbocycles. The van der Waals surface area contributed by atoms with Gasteiger partial charge in [0.2, 0.25) is 0 Å². The molecule has 2 heterocycles. The Bertz CT molecular complexity index is 388. The Morgan fingerprint density at radius 1 is 1.67 bits per heavy atom. The molecule has 0 atom stereocenters. The van der Waals surface area contributed by atoms with Gasteiger partial charge in [0.25, 0.3) is 0 Å². The van der Waals surface area contributed by atoms with Gasteiger partial charge in [-0.2, -0.15) is 0 Å². The van der Waals surface area contributed by atoms with Crippen molar-refractivity contribution >= 4 is 16.3 Å². The maximum Gasteiger partial charge on any atom is 0.194 e. The van der Waals surface area contributed by atoms with Gasteiger partial charge in [0.15, 0.2) is 4.96 Å². The summed E-state index contributed by atoms with van der Waals surface area (Å²) in [6, 6.07) is 0. The minimum Gasteiger partial charge on any atom is -0.330 e. The number of thiazole rings is 1. The van der Waals surface area contributed by atoms with Gasteiger partial charge in [-0.15, -0.1) is 11.3 Å². The van der Waals surface area contributed by atoms with Crippen molar-refractivity contribution in [3.05, 3.63) is 23.0 Å². The largest absolute Gasteiger partial charge is 0.330 e. The normalized spacial score (nSPS) is 11.2. The molecular weight excluding hydrogens is 170 g/mol. The van der Waals surface area contributed by atoms with E-state index >= 15 is 0 Å². The minimum atomic E-state index is 0.684. The molecule has 2 N–H and O–H groups in total. The molecule has 2 rings (SSSR count). The summed E-state index contributed by atoms with van der Waals surface area (Å²) in [4.78, 5) is 5.35. The molecule has 12 heavy (non-hydrogen) atoms. The Morgan fingerprint density at radius 3 is 3.25 bits per heavy atom. The van der Waals surface area contributed by atoms with Gasteiger partial charge in [0.05, 0.1) is 6.20 Å². The van der Waals surface area contributed by atoms with Crippen molar-refractivity contribution in [1.29, 1.82) is 0 Å². The second-order valence-corrected chi connectivity index (χ2v) is 3.62. The third-order valence-electron chi connectivity index (χ3n) is 1.89. The minimum absolute atomic E-state index is 0.684. The number of rotatable bonds is 2. The number of aromatic nitrogens is 2. The number of nitrogens with zero attached hydrogens (tertiary/aromatic N) is 2. The summed E-state index contributed by atoms with van der Waals surface area (Å²) in [6.45, 7) is 2.77. The zero-order valence-corrected chi connectivity index (χ0v) is 7.77. The van der Waals surface area contributed by atoms with E-state index in [9.17, 15) is 0 Å². The topological polar surface area (TPSA) is 43.3 Å². The van der Waals surface area contributed by atoms with Crippen LogP contribution in [-0.2, 0) is 6.42 Å². The van der Waals surface area contributed by atoms with E-state index in [2.05, 4.69) is 21.7 Å². The van der Waals surface area contributed by atoms with Crippen LogP contribution in [0.25, 0.3) is 4.96 Å². The van der Waals surface area contributed by atoms with E-state index in [0.29, 0.717) is 6.54 Å². The van der Waals surface area contributed by atoms with Gasteiger partial charge in [0, 0.05) is 23.2 Å². The molecule has 0 amide bonds. The summed E-state index contributed by atoms with van der Waals surface area (Å²) in [6.07, 6.45) is 2.81. The number of aryl methyl sites for hydroxylation is 1. The van der Waals surface area contributed by atoms with E-state index in [0.717, 1.165) is 11.4 Å². The molecule has 0 aliphatic rings. The maximum atomic E-state index is 5.49. The molecule has 0 aliphatic carbocycles. The maximum absolute atomic E-state index is 5.49. The van der Waals surface area contributed by atoms with Gasteiger partial charge in [0.1, 0.15) is 0 Å². The summed E-state index contributed by atoms with van der Waals surface area (Å²) in [5, 5.41) is 2.11. The number of nitrogens with two attached hydrogens (primary N) is 1. The van der Waals surface area contributed by atoms with E-state index in [1.807, 2.05) is 6.20 Å². The molecule has 0 saturated heterocycles. The summed E-state index contributed by atoms with van der Waals surface area (Å²) >= 11 is 1.67. The fourth-order valence-corrected chi connectivity index (χ4v) is 2.21. The Labute approximate surface area is 74.8 Å². The first-order valence-electron chi connectivity index (χ1n) is 3.93. The van der Waals surface area contributed by atoms with Crippen LogP contribution in [0.3, 0.4) is 0 Å². The first-order chi connectivity index (χ1) is 5.83. The fraction of sp³-hybridized carbons (Fsp3) is 0.375. The lowest BCUT2D eigenvalue weighted by molar-refractivity contribution is 0.896. The van der Waals surface area contributed by atoms with E-state index in [1.54, 1.807) is 11.3 Å². The van der Waals surface area contributed by atoms with Crippen molar-refractivity contribution in [2.24, 2.45) is 5.73 Å². The third-order valence-corrected chi connectivity index (χ3v) is 2.85. The molecule has 0 saturated carbocycles. The predicted octanol–water partition coefficient (Wildman–Crippen LogP) is 1.21. The quantitative estimate of drug-likeness (QED) is 0.756. The highest BCUT2D eigenvalue weighted by Crippen LogP contribution is 2.16. The summed E-state index contributed by atoms with van der Waals surface area (Å²) in [5.74, 6) is 0. The van der Waals surface area contributed by atoms with Gasteiger partial charge in [-0.3, -0.25) is 4.40 Å². The number of imidazole rings is 1. The van der Waals surface area contributed by atoms with E-state index in [4.69, 9.17) is 5.73 Å². The lowest BCUT2D eigenvalue weighted by Gasteiger charge is -1.96. The summed E-state index contributed by atoms with van der Waals surface area (Å²) in [5.41, 5.74) is 7.95. The highest BCUT2D eigenvalue weighted by molar-refractivity contribution is 7.15. The van der Waals surface area contributed by atoms with Crippen molar-refractivity contribution in [2.45, 2.75) is 13.3 Å². The zero-order valence-electron chi connectivity index (χ0n) is 6.95. The Balaban J connectivity index is 2.59. The molecule has 2 aromatic rings. The van der Waals surface area contributed by atoms with Crippen LogP contribution in [0.5, 0.6) is 0 Å². The number of hydrogen-bond acceptors (Lipinski definition) is 3. The lowest BCUT2D eigenvalue weighted by atomic mass is 10.3. The summed E-state index contributed by atoms with van der Waals surface area (Å²) in [7, 11) is 0. The number of fused-ring (bicyclic) bond motifs is 1. The summed E-state index contributed by atoms with van der Waals surface area (Å²) < 4.78 is 2.16. The molecule has 0 spiro atoms. The van der Waals surface area contributed by atoms with Crippen molar-refractivity contribution in [3.63, 3.8) is 0 Å². The fourth-order valence-electron chi connectivity index (χ4n) is 1.34.